The van der Waals surface area contributed by atoms with Crippen LogP contribution in [0.4, 0.5) is 13.2 Å². The first-order chi connectivity index (χ1) is 12.3. The van der Waals surface area contributed by atoms with Crippen LogP contribution in [0, 0.1) is 0 Å². The summed E-state index contributed by atoms with van der Waals surface area (Å²) in [7, 11) is 0. The van der Waals surface area contributed by atoms with Crippen LogP contribution in [0.3, 0.4) is 0 Å². The van der Waals surface area contributed by atoms with E-state index < -0.39 is 17.4 Å². The predicted octanol–water partition coefficient (Wildman–Crippen LogP) is 2.71. The number of halogens is 4. The normalized spacial score (nSPS) is 11.7. The molecule has 0 aliphatic carbocycles. The van der Waals surface area contributed by atoms with Crippen molar-refractivity contribution in [1.29, 1.82) is 0 Å². The quantitative estimate of drug-likeness (QED) is 0.514. The summed E-state index contributed by atoms with van der Waals surface area (Å²) in [6.07, 6.45) is -4.71. The molecule has 7 nitrogen and oxygen atoms in total. The molecule has 3 rings (SSSR count). The van der Waals surface area contributed by atoms with Crippen LogP contribution in [0.5, 0.6) is 0 Å². The zero-order valence-electron chi connectivity index (χ0n) is 12.8. The maximum Gasteiger partial charge on any atom is 0.433 e. The van der Waals surface area contributed by atoms with Gasteiger partial charge in [0, 0.05) is 11.6 Å². The molecule has 0 spiro atoms. The maximum absolute atomic E-state index is 12.7. The molecule has 2 aromatic heterocycles. The molecule has 0 saturated heterocycles. The molecule has 12 heteroatoms. The SMILES string of the molecule is Nn1c(SCc2nc(C(F)(F)F)cc(=O)[nH]2)nnc1-c1ccccc1Cl. The van der Waals surface area contributed by atoms with E-state index in [-0.39, 0.29) is 16.7 Å². The van der Waals surface area contributed by atoms with E-state index in [1.807, 2.05) is 0 Å². The molecule has 0 bridgehead atoms. The Kier molecular flexibility index (Phi) is 4.92. The van der Waals surface area contributed by atoms with Gasteiger partial charge in [0.25, 0.3) is 5.56 Å². The second kappa shape index (κ2) is 7.00. The summed E-state index contributed by atoms with van der Waals surface area (Å²) in [6.45, 7) is 0. The number of nitrogens with zero attached hydrogens (tertiary/aromatic N) is 4. The van der Waals surface area contributed by atoms with Gasteiger partial charge in [-0.05, 0) is 12.1 Å². The van der Waals surface area contributed by atoms with Gasteiger partial charge in [-0.2, -0.15) is 13.2 Å². The number of aromatic nitrogens is 5. The van der Waals surface area contributed by atoms with Gasteiger partial charge in [0.15, 0.2) is 11.5 Å². The standard InChI is InChI=1S/C14H10ClF3N6OS/c15-8-4-2-1-3-7(8)12-22-23-13(24(12)19)26-6-10-20-9(14(16,17)18)5-11(25)21-10/h1-5H,6,19H2,(H,20,21,25). The van der Waals surface area contributed by atoms with Crippen molar-refractivity contribution in [3.63, 3.8) is 0 Å². The van der Waals surface area contributed by atoms with E-state index in [0.29, 0.717) is 22.5 Å². The first-order valence-electron chi connectivity index (χ1n) is 7.01. The summed E-state index contributed by atoms with van der Waals surface area (Å²) in [5, 5.41) is 8.48. The zero-order valence-corrected chi connectivity index (χ0v) is 14.4. The van der Waals surface area contributed by atoms with Crippen LogP contribution in [0.1, 0.15) is 11.5 Å². The smallest absolute Gasteiger partial charge is 0.335 e. The summed E-state index contributed by atoms with van der Waals surface area (Å²) < 4.78 is 39.3. The van der Waals surface area contributed by atoms with Crippen LogP contribution in [0.2, 0.25) is 5.02 Å². The van der Waals surface area contributed by atoms with Gasteiger partial charge in [0.05, 0.1) is 10.8 Å². The van der Waals surface area contributed by atoms with Crippen molar-refractivity contribution in [3.05, 3.63) is 57.2 Å². The average molecular weight is 403 g/mol. The van der Waals surface area contributed by atoms with Gasteiger partial charge < -0.3 is 10.8 Å². The highest BCUT2D eigenvalue weighted by Gasteiger charge is 2.33. The highest BCUT2D eigenvalue weighted by atomic mass is 35.5. The molecule has 1 aromatic carbocycles. The van der Waals surface area contributed by atoms with E-state index in [0.717, 1.165) is 16.4 Å². The first kappa shape index (κ1) is 18.3. The Morgan fingerprint density at radius 3 is 2.69 bits per heavy atom. The number of hydrogen-bond donors (Lipinski definition) is 2. The number of nitrogen functional groups attached to an aromatic ring is 1. The summed E-state index contributed by atoms with van der Waals surface area (Å²) in [6, 6.07) is 7.26. The second-order valence-corrected chi connectivity index (χ2v) is 6.37. The van der Waals surface area contributed by atoms with E-state index in [9.17, 15) is 18.0 Å². The van der Waals surface area contributed by atoms with Crippen molar-refractivity contribution in [1.82, 2.24) is 24.8 Å². The topological polar surface area (TPSA) is 102 Å². The molecule has 0 atom stereocenters. The molecule has 0 amide bonds. The molecule has 3 aromatic rings. The molecule has 0 aliphatic rings. The third kappa shape index (κ3) is 3.83. The molecule has 0 radical (unpaired) electrons. The fourth-order valence-corrected chi connectivity index (χ4v) is 3.00. The summed E-state index contributed by atoms with van der Waals surface area (Å²) in [5.74, 6) is 5.99. The summed E-state index contributed by atoms with van der Waals surface area (Å²) in [4.78, 5) is 17.0. The minimum atomic E-state index is -4.71. The van der Waals surface area contributed by atoms with Gasteiger partial charge in [-0.1, -0.05) is 35.5 Å². The highest BCUT2D eigenvalue weighted by Crippen LogP contribution is 2.29. The van der Waals surface area contributed by atoms with Crippen LogP contribution >= 0.6 is 23.4 Å². The van der Waals surface area contributed by atoms with E-state index in [4.69, 9.17) is 17.4 Å². The van der Waals surface area contributed by atoms with Crippen molar-refractivity contribution in [2.24, 2.45) is 0 Å². The molecule has 0 fully saturated rings. The Balaban J connectivity index is 1.83. The molecule has 0 aliphatic heterocycles. The van der Waals surface area contributed by atoms with Gasteiger partial charge in [0.1, 0.15) is 5.82 Å². The van der Waals surface area contributed by atoms with Crippen LogP contribution in [0.15, 0.2) is 40.3 Å². The van der Waals surface area contributed by atoms with Crippen molar-refractivity contribution in [2.45, 2.75) is 17.1 Å². The van der Waals surface area contributed by atoms with Crippen LogP contribution < -0.4 is 11.4 Å². The van der Waals surface area contributed by atoms with E-state index in [1.54, 1.807) is 24.3 Å². The van der Waals surface area contributed by atoms with Crippen LogP contribution in [-0.4, -0.2) is 24.8 Å². The molecule has 0 unspecified atom stereocenters. The minimum Gasteiger partial charge on any atom is -0.335 e. The van der Waals surface area contributed by atoms with E-state index in [2.05, 4.69) is 20.2 Å². The third-order valence-electron chi connectivity index (χ3n) is 3.20. The van der Waals surface area contributed by atoms with Gasteiger partial charge in [-0.3, -0.25) is 4.79 Å². The number of rotatable bonds is 4. The Morgan fingerprint density at radius 2 is 2.00 bits per heavy atom. The number of alkyl halides is 3. The van der Waals surface area contributed by atoms with Crippen LogP contribution in [-0.2, 0) is 11.9 Å². The number of nitrogens with one attached hydrogen (secondary N) is 1. The number of aromatic amines is 1. The number of nitrogens with two attached hydrogens (primary N) is 1. The molecule has 0 saturated carbocycles. The minimum absolute atomic E-state index is 0.0863. The number of H-pyrrole nitrogens is 1. The Labute approximate surface area is 153 Å². The lowest BCUT2D eigenvalue weighted by Crippen LogP contribution is -2.18. The summed E-state index contributed by atoms with van der Waals surface area (Å²) >= 11 is 7.06. The first-order valence-corrected chi connectivity index (χ1v) is 8.37. The van der Waals surface area contributed by atoms with Gasteiger partial charge in [-0.15, -0.1) is 10.2 Å². The fourth-order valence-electron chi connectivity index (χ4n) is 2.06. The summed E-state index contributed by atoms with van der Waals surface area (Å²) in [5.41, 5.74) is -1.60. The largest absolute Gasteiger partial charge is 0.433 e. The van der Waals surface area contributed by atoms with Crippen LogP contribution in [0.25, 0.3) is 11.4 Å². The molecule has 2 heterocycles. The number of hydrogen-bond acceptors (Lipinski definition) is 6. The zero-order chi connectivity index (χ0) is 18.9. The van der Waals surface area contributed by atoms with Crippen molar-refractivity contribution in [2.75, 3.05) is 5.84 Å². The lowest BCUT2D eigenvalue weighted by atomic mass is 10.2. The fraction of sp³-hybridized carbons (Fsp3) is 0.143. The molecular formula is C14H10ClF3N6OS. The lowest BCUT2D eigenvalue weighted by molar-refractivity contribution is -0.141. The molecule has 136 valence electrons. The lowest BCUT2D eigenvalue weighted by Gasteiger charge is -2.07. The van der Waals surface area contributed by atoms with E-state index >= 15 is 0 Å². The average Bonchev–Trinajstić information content (AvgIpc) is 2.93. The van der Waals surface area contributed by atoms with Crippen molar-refractivity contribution >= 4 is 23.4 Å². The Hall–Kier alpha value is -2.53. The highest BCUT2D eigenvalue weighted by molar-refractivity contribution is 7.98. The van der Waals surface area contributed by atoms with Crippen molar-refractivity contribution in [3.8, 4) is 11.4 Å². The Morgan fingerprint density at radius 1 is 1.27 bits per heavy atom. The number of thioether (sulfide) groups is 1. The van der Waals surface area contributed by atoms with Crippen molar-refractivity contribution < 1.29 is 13.2 Å². The van der Waals surface area contributed by atoms with Gasteiger partial charge in [0.2, 0.25) is 5.16 Å². The van der Waals surface area contributed by atoms with E-state index in [1.165, 1.54) is 0 Å². The van der Waals surface area contributed by atoms with Gasteiger partial charge in [-0.25, -0.2) is 9.66 Å². The van der Waals surface area contributed by atoms with Gasteiger partial charge >= 0.3 is 6.18 Å². The Bertz CT molecular complexity index is 1000. The molecular weight excluding hydrogens is 393 g/mol. The predicted molar refractivity (Wildman–Crippen MR) is 90.0 cm³/mol. The maximum atomic E-state index is 12.7. The monoisotopic (exact) mass is 402 g/mol. The molecule has 3 N–H and O–H groups in total. The second-order valence-electron chi connectivity index (χ2n) is 5.02. The number of benzene rings is 1. The molecule has 26 heavy (non-hydrogen) atoms. The third-order valence-corrected chi connectivity index (χ3v) is 4.48.